The van der Waals surface area contributed by atoms with Crippen molar-refractivity contribution in [2.24, 2.45) is 0 Å². The Bertz CT molecular complexity index is 333. The quantitative estimate of drug-likeness (QED) is 0.389. The monoisotopic (exact) mass is 253 g/mol. The molecule has 0 bridgehead atoms. The van der Waals surface area contributed by atoms with E-state index in [1.165, 1.54) is 0 Å². The van der Waals surface area contributed by atoms with Gasteiger partial charge in [0, 0.05) is 18.7 Å². The van der Waals surface area contributed by atoms with E-state index in [9.17, 15) is 9.59 Å². The van der Waals surface area contributed by atoms with Crippen molar-refractivity contribution in [2.45, 2.75) is 19.8 Å². The minimum absolute atomic E-state index is 0.0481. The lowest BCUT2D eigenvalue weighted by molar-refractivity contribution is -0.147. The Morgan fingerprint density at radius 2 is 2.22 bits per heavy atom. The summed E-state index contributed by atoms with van der Waals surface area (Å²) < 4.78 is 9.78. The summed E-state index contributed by atoms with van der Waals surface area (Å²) >= 11 is 0. The lowest BCUT2D eigenvalue weighted by atomic mass is 10.3. The fourth-order valence-corrected chi connectivity index (χ4v) is 1.59. The smallest absolute Gasteiger partial charge is 0.332 e. The number of carbonyl (C=O) groups is 2. The average molecular weight is 253 g/mol. The van der Waals surface area contributed by atoms with E-state index < -0.39 is 0 Å². The Hall–Kier alpha value is -1.62. The van der Waals surface area contributed by atoms with E-state index in [4.69, 9.17) is 9.47 Å². The fourth-order valence-electron chi connectivity index (χ4n) is 1.59. The van der Waals surface area contributed by atoms with Gasteiger partial charge < -0.3 is 14.4 Å². The third-order valence-electron chi connectivity index (χ3n) is 2.50. The van der Waals surface area contributed by atoms with Gasteiger partial charge >= 0.3 is 5.97 Å². The van der Waals surface area contributed by atoms with E-state index in [1.54, 1.807) is 17.9 Å². The molecule has 0 aromatic carbocycles. The van der Waals surface area contributed by atoms with Gasteiger partial charge in [-0.3, -0.25) is 4.79 Å². The van der Waals surface area contributed by atoms with E-state index in [0.29, 0.717) is 26.2 Å². The number of allylic oxidation sites excluding steroid dienone is 1. The normalized spacial score (nSPS) is 15.7. The van der Waals surface area contributed by atoms with E-state index in [0.717, 1.165) is 12.1 Å². The van der Waals surface area contributed by atoms with Crippen molar-refractivity contribution in [3.8, 4) is 0 Å². The molecule has 100 valence electrons. The van der Waals surface area contributed by atoms with Gasteiger partial charge in [0.25, 0.3) is 0 Å². The van der Waals surface area contributed by atoms with E-state index in [2.05, 4.69) is 6.58 Å². The predicted octanol–water partition coefficient (Wildman–Crippen LogP) is 1.26. The van der Waals surface area contributed by atoms with Crippen molar-refractivity contribution in [3.63, 3.8) is 0 Å². The van der Waals surface area contributed by atoms with Crippen LogP contribution in [0.15, 0.2) is 24.4 Å². The molecule has 1 aliphatic heterocycles. The van der Waals surface area contributed by atoms with Gasteiger partial charge in [0.1, 0.15) is 6.61 Å². The second-order valence-corrected chi connectivity index (χ2v) is 3.86. The molecule has 0 atom stereocenters. The van der Waals surface area contributed by atoms with Gasteiger partial charge in [-0.2, -0.15) is 0 Å². The topological polar surface area (TPSA) is 55.8 Å². The highest BCUT2D eigenvalue weighted by Crippen LogP contribution is 2.19. The molecule has 0 spiro atoms. The van der Waals surface area contributed by atoms with Gasteiger partial charge in [0.05, 0.1) is 13.2 Å². The summed E-state index contributed by atoms with van der Waals surface area (Å²) in [6.45, 7) is 6.72. The maximum atomic E-state index is 11.4. The molecule has 0 N–H and O–H groups in total. The van der Waals surface area contributed by atoms with Crippen molar-refractivity contribution in [1.29, 1.82) is 0 Å². The third-order valence-corrected chi connectivity index (χ3v) is 2.50. The predicted molar refractivity (Wildman–Crippen MR) is 66.7 cm³/mol. The molecule has 0 aliphatic carbocycles. The van der Waals surface area contributed by atoms with E-state index in [-0.39, 0.29) is 18.5 Å². The number of nitrogens with zero attached hydrogens (tertiary/aromatic N) is 1. The zero-order chi connectivity index (χ0) is 13.4. The first-order valence-electron chi connectivity index (χ1n) is 6.01. The summed E-state index contributed by atoms with van der Waals surface area (Å²) in [5, 5.41) is 0. The minimum Gasteiger partial charge on any atom is -0.464 e. The Morgan fingerprint density at radius 1 is 1.44 bits per heavy atom. The van der Waals surface area contributed by atoms with Crippen LogP contribution in [-0.2, 0) is 19.1 Å². The van der Waals surface area contributed by atoms with E-state index in [1.807, 2.05) is 6.08 Å². The number of likely N-dealkylation sites (tertiary alicyclic amines) is 1. The molecule has 5 nitrogen and oxygen atoms in total. The summed E-state index contributed by atoms with van der Waals surface area (Å²) in [5.41, 5.74) is 0.858. The molecule has 1 aliphatic rings. The molecule has 1 amide bonds. The minimum atomic E-state index is -0.367. The molecular weight excluding hydrogens is 234 g/mol. The number of ether oxygens (including phenoxy) is 2. The molecule has 0 aromatic rings. The second-order valence-electron chi connectivity index (χ2n) is 3.86. The first kappa shape index (κ1) is 14.4. The molecule has 0 radical (unpaired) electrons. The van der Waals surface area contributed by atoms with Gasteiger partial charge in [-0.05, 0) is 13.3 Å². The van der Waals surface area contributed by atoms with Crippen LogP contribution in [0, 0.1) is 0 Å². The number of rotatable bonds is 7. The lowest BCUT2D eigenvalue weighted by Crippen LogP contribution is -2.22. The maximum absolute atomic E-state index is 11.4. The first-order chi connectivity index (χ1) is 8.65. The second kappa shape index (κ2) is 7.66. The average Bonchev–Trinajstić information content (AvgIpc) is 2.65. The fraction of sp³-hybridized carbons (Fsp3) is 0.538. The Balaban J connectivity index is 2.12. The maximum Gasteiger partial charge on any atom is 0.332 e. The Labute approximate surface area is 107 Å². The van der Waals surface area contributed by atoms with Crippen LogP contribution in [0.5, 0.6) is 0 Å². The van der Waals surface area contributed by atoms with Crippen LogP contribution in [0.1, 0.15) is 19.8 Å². The molecule has 5 heteroatoms. The number of amides is 1. The van der Waals surface area contributed by atoms with Crippen LogP contribution in [0.25, 0.3) is 0 Å². The summed E-state index contributed by atoms with van der Waals surface area (Å²) in [6.07, 6.45) is 4.90. The van der Waals surface area contributed by atoms with Gasteiger partial charge in [-0.1, -0.05) is 18.7 Å². The van der Waals surface area contributed by atoms with Gasteiger partial charge in [0.15, 0.2) is 0 Å². The van der Waals surface area contributed by atoms with Crippen molar-refractivity contribution in [3.05, 3.63) is 24.4 Å². The number of hydrogen-bond donors (Lipinski definition) is 0. The van der Waals surface area contributed by atoms with Gasteiger partial charge in [0.2, 0.25) is 5.91 Å². The zero-order valence-corrected chi connectivity index (χ0v) is 10.7. The van der Waals surface area contributed by atoms with Crippen LogP contribution >= 0.6 is 0 Å². The van der Waals surface area contributed by atoms with Crippen molar-refractivity contribution in [2.75, 3.05) is 26.4 Å². The van der Waals surface area contributed by atoms with Crippen LogP contribution in [0.3, 0.4) is 0 Å². The molecular formula is C13H19NO4. The molecule has 0 unspecified atom stereocenters. The number of hydrogen-bond acceptors (Lipinski definition) is 4. The molecule has 0 saturated carbocycles. The number of carbonyl (C=O) groups excluding carboxylic acids is 2. The first-order valence-corrected chi connectivity index (χ1v) is 6.01. The van der Waals surface area contributed by atoms with Gasteiger partial charge in [-0.25, -0.2) is 4.79 Å². The van der Waals surface area contributed by atoms with Gasteiger partial charge in [-0.15, -0.1) is 0 Å². The highest BCUT2D eigenvalue weighted by molar-refractivity contribution is 5.81. The Morgan fingerprint density at radius 3 is 2.83 bits per heavy atom. The summed E-state index contributed by atoms with van der Waals surface area (Å²) in [5.74, 6) is -0.258. The molecule has 0 aromatic heterocycles. The van der Waals surface area contributed by atoms with Crippen molar-refractivity contribution >= 4 is 11.9 Å². The molecule has 1 saturated heterocycles. The SMILES string of the molecule is C=C1CCC(=O)N1C/C=C\COCC(=O)OCC. The zero-order valence-electron chi connectivity index (χ0n) is 10.7. The largest absolute Gasteiger partial charge is 0.464 e. The summed E-state index contributed by atoms with van der Waals surface area (Å²) in [7, 11) is 0. The van der Waals surface area contributed by atoms with Crippen LogP contribution in [-0.4, -0.2) is 43.1 Å². The Kier molecular flexibility index (Phi) is 6.14. The molecule has 18 heavy (non-hydrogen) atoms. The highest BCUT2D eigenvalue weighted by Gasteiger charge is 2.22. The van der Waals surface area contributed by atoms with Crippen LogP contribution in [0.2, 0.25) is 0 Å². The summed E-state index contributed by atoms with van der Waals surface area (Å²) in [4.78, 5) is 24.0. The van der Waals surface area contributed by atoms with Crippen LogP contribution < -0.4 is 0 Å². The molecule has 1 fully saturated rings. The molecule has 1 rings (SSSR count). The van der Waals surface area contributed by atoms with Crippen molar-refractivity contribution in [1.82, 2.24) is 4.90 Å². The standard InChI is InChI=1S/C13H19NO4/c1-3-18-13(16)10-17-9-5-4-8-14-11(2)6-7-12(14)15/h4-5H,2-3,6-10H2,1H3/b5-4-. The lowest BCUT2D eigenvalue weighted by Gasteiger charge is -2.14. The van der Waals surface area contributed by atoms with Crippen molar-refractivity contribution < 1.29 is 19.1 Å². The number of esters is 1. The summed E-state index contributed by atoms with van der Waals surface area (Å²) in [6, 6.07) is 0. The third kappa shape index (κ3) is 4.71. The molecule has 1 heterocycles. The van der Waals surface area contributed by atoms with Crippen LogP contribution in [0.4, 0.5) is 0 Å². The highest BCUT2D eigenvalue weighted by atomic mass is 16.6. The van der Waals surface area contributed by atoms with E-state index >= 15 is 0 Å².